The molecule has 29 heavy (non-hydrogen) atoms. The highest BCUT2D eigenvalue weighted by Gasteiger charge is 2.41. The van der Waals surface area contributed by atoms with Crippen molar-refractivity contribution < 1.29 is 8.42 Å². The molecule has 0 radical (unpaired) electrons. The first kappa shape index (κ1) is 18.5. The van der Waals surface area contributed by atoms with E-state index in [4.69, 9.17) is 9.97 Å². The maximum Gasteiger partial charge on any atom is 0.224 e. The summed E-state index contributed by atoms with van der Waals surface area (Å²) in [4.78, 5) is 9.52. The summed E-state index contributed by atoms with van der Waals surface area (Å²) in [5.74, 6) is 0.603. The minimum Gasteiger partial charge on any atom is -0.351 e. The fraction of sp³-hybridized carbons (Fsp3) is 0.364. The molecule has 0 unspecified atom stereocenters. The maximum absolute atomic E-state index is 12.4. The molecule has 1 saturated heterocycles. The van der Waals surface area contributed by atoms with Crippen LogP contribution in [-0.2, 0) is 10.0 Å². The predicted octanol–water partition coefficient (Wildman–Crippen LogP) is 3.67. The topological polar surface area (TPSA) is 75.2 Å². The monoisotopic (exact) mass is 408 g/mol. The second-order valence-electron chi connectivity index (χ2n) is 7.84. The van der Waals surface area contributed by atoms with Gasteiger partial charge in [-0.15, -0.1) is 0 Å². The van der Waals surface area contributed by atoms with E-state index in [2.05, 4.69) is 17.4 Å². The molecule has 7 heteroatoms. The van der Waals surface area contributed by atoms with Gasteiger partial charge in [0.2, 0.25) is 16.0 Å². The number of nitrogens with one attached hydrogen (secondary N) is 1. The fourth-order valence-corrected chi connectivity index (χ4v) is 5.84. The molecule has 150 valence electrons. The van der Waals surface area contributed by atoms with Crippen molar-refractivity contribution in [2.24, 2.45) is 0 Å². The summed E-state index contributed by atoms with van der Waals surface area (Å²) < 4.78 is 26.5. The van der Waals surface area contributed by atoms with Crippen molar-refractivity contribution >= 4 is 26.9 Å². The molecule has 1 aliphatic heterocycles. The number of rotatable bonds is 5. The highest BCUT2D eigenvalue weighted by atomic mass is 32.2. The zero-order chi connectivity index (χ0) is 19.8. The molecule has 0 amide bonds. The van der Waals surface area contributed by atoms with Crippen molar-refractivity contribution in [2.45, 2.75) is 37.0 Å². The molecule has 3 aromatic rings. The number of anilines is 1. The van der Waals surface area contributed by atoms with Gasteiger partial charge in [0.25, 0.3) is 0 Å². The minimum absolute atomic E-state index is 0.135. The highest BCUT2D eigenvalue weighted by Crippen LogP contribution is 2.33. The third-order valence-corrected chi connectivity index (χ3v) is 8.14. The Bertz CT molecular complexity index is 1120. The molecule has 2 heterocycles. The quantitative estimate of drug-likeness (QED) is 0.697. The zero-order valence-corrected chi connectivity index (χ0v) is 17.0. The minimum atomic E-state index is -3.08. The fourth-order valence-electron chi connectivity index (χ4n) is 3.97. The average Bonchev–Trinajstić information content (AvgIpc) is 3.60. The van der Waals surface area contributed by atoms with Crippen molar-refractivity contribution in [1.29, 1.82) is 0 Å². The number of para-hydroxylation sites is 1. The molecule has 5 rings (SSSR count). The third-order valence-electron chi connectivity index (χ3n) is 5.74. The summed E-state index contributed by atoms with van der Waals surface area (Å²) in [7, 11) is -3.08. The summed E-state index contributed by atoms with van der Waals surface area (Å²) in [5, 5.41) is 4.34. The van der Waals surface area contributed by atoms with Crippen molar-refractivity contribution in [3.63, 3.8) is 0 Å². The second-order valence-corrected chi connectivity index (χ2v) is 10.1. The lowest BCUT2D eigenvalue weighted by molar-refractivity contribution is 0.328. The van der Waals surface area contributed by atoms with Gasteiger partial charge in [-0.3, -0.25) is 0 Å². The Kier molecular flexibility index (Phi) is 4.72. The zero-order valence-electron chi connectivity index (χ0n) is 16.2. The van der Waals surface area contributed by atoms with E-state index in [0.29, 0.717) is 19.0 Å². The van der Waals surface area contributed by atoms with Gasteiger partial charge in [-0.2, -0.15) is 0 Å². The molecule has 1 aliphatic carbocycles. The summed E-state index contributed by atoms with van der Waals surface area (Å²) in [6, 6.07) is 18.3. The number of hydrogen-bond donors (Lipinski definition) is 1. The smallest absolute Gasteiger partial charge is 0.224 e. The summed E-state index contributed by atoms with van der Waals surface area (Å²) >= 11 is 0. The normalized spacial score (nSPS) is 18.8. The first-order valence-corrected chi connectivity index (χ1v) is 11.7. The SMILES string of the molecule is O=S(=O)(C1CC1)N1CCC(Nc2nc(-c3ccccc3)c3ccccc3n2)CC1. The van der Waals surface area contributed by atoms with Crippen molar-refractivity contribution in [3.8, 4) is 11.3 Å². The van der Waals surface area contributed by atoms with E-state index < -0.39 is 10.0 Å². The molecule has 0 spiro atoms. The largest absolute Gasteiger partial charge is 0.351 e. The number of aromatic nitrogens is 2. The molecular weight excluding hydrogens is 384 g/mol. The lowest BCUT2D eigenvalue weighted by Crippen LogP contribution is -2.43. The van der Waals surface area contributed by atoms with Crippen LogP contribution in [0.3, 0.4) is 0 Å². The van der Waals surface area contributed by atoms with Crippen LogP contribution in [0.15, 0.2) is 54.6 Å². The van der Waals surface area contributed by atoms with Crippen LogP contribution >= 0.6 is 0 Å². The summed E-state index contributed by atoms with van der Waals surface area (Å²) in [5.41, 5.74) is 2.87. The molecule has 1 saturated carbocycles. The lowest BCUT2D eigenvalue weighted by atomic mass is 10.1. The Balaban J connectivity index is 1.37. The van der Waals surface area contributed by atoms with Gasteiger partial charge < -0.3 is 5.32 Å². The van der Waals surface area contributed by atoms with Crippen LogP contribution in [0.5, 0.6) is 0 Å². The van der Waals surface area contributed by atoms with Gasteiger partial charge >= 0.3 is 0 Å². The van der Waals surface area contributed by atoms with E-state index in [1.54, 1.807) is 4.31 Å². The Morgan fingerprint density at radius 3 is 2.28 bits per heavy atom. The van der Waals surface area contributed by atoms with Crippen LogP contribution in [0.2, 0.25) is 0 Å². The molecule has 6 nitrogen and oxygen atoms in total. The van der Waals surface area contributed by atoms with Crippen molar-refractivity contribution in [2.75, 3.05) is 18.4 Å². The highest BCUT2D eigenvalue weighted by molar-refractivity contribution is 7.90. The standard InChI is InChI=1S/C22H24N4O2S/c27-29(28,18-10-11-18)26-14-12-17(13-15-26)23-22-24-20-9-5-4-8-19(20)21(25-22)16-6-2-1-3-7-16/h1-9,17-18H,10-15H2,(H,23,24,25). The number of hydrogen-bond acceptors (Lipinski definition) is 5. The third kappa shape index (κ3) is 3.72. The first-order valence-electron chi connectivity index (χ1n) is 10.2. The van der Waals surface area contributed by atoms with E-state index in [-0.39, 0.29) is 11.3 Å². The maximum atomic E-state index is 12.4. The molecule has 2 aliphatic rings. The van der Waals surface area contributed by atoms with Gasteiger partial charge in [-0.05, 0) is 31.7 Å². The van der Waals surface area contributed by atoms with E-state index >= 15 is 0 Å². The molecule has 2 fully saturated rings. The number of piperidine rings is 1. The number of nitrogens with zero attached hydrogens (tertiary/aromatic N) is 3. The van der Waals surface area contributed by atoms with Crippen molar-refractivity contribution in [3.05, 3.63) is 54.6 Å². The van der Waals surface area contributed by atoms with Crippen LogP contribution in [0.4, 0.5) is 5.95 Å². The van der Waals surface area contributed by atoms with Crippen molar-refractivity contribution in [1.82, 2.24) is 14.3 Å². The molecule has 2 aromatic carbocycles. The molecule has 1 aromatic heterocycles. The molecule has 1 N–H and O–H groups in total. The van der Waals surface area contributed by atoms with Crippen LogP contribution in [0.25, 0.3) is 22.2 Å². The Hall–Kier alpha value is -2.51. The summed E-state index contributed by atoms with van der Waals surface area (Å²) in [6.07, 6.45) is 3.16. The van der Waals surface area contributed by atoms with E-state index in [9.17, 15) is 8.42 Å². The molecule has 0 atom stereocenters. The van der Waals surface area contributed by atoms with E-state index in [1.807, 2.05) is 42.5 Å². The molecular formula is C22H24N4O2S. The lowest BCUT2D eigenvalue weighted by Gasteiger charge is -2.31. The Labute approximate surface area is 171 Å². The Morgan fingerprint density at radius 2 is 1.55 bits per heavy atom. The van der Waals surface area contributed by atoms with Crippen LogP contribution < -0.4 is 5.32 Å². The van der Waals surface area contributed by atoms with Crippen LogP contribution in [0.1, 0.15) is 25.7 Å². The Morgan fingerprint density at radius 1 is 0.862 bits per heavy atom. The van der Waals surface area contributed by atoms with Gasteiger partial charge in [0.15, 0.2) is 0 Å². The van der Waals surface area contributed by atoms with Crippen LogP contribution in [-0.4, -0.2) is 47.1 Å². The number of fused-ring (bicyclic) bond motifs is 1. The van der Waals surface area contributed by atoms with Crippen LogP contribution in [0, 0.1) is 0 Å². The molecule has 0 bridgehead atoms. The van der Waals surface area contributed by atoms with Gasteiger partial charge in [0.05, 0.1) is 16.5 Å². The van der Waals surface area contributed by atoms with Gasteiger partial charge in [-0.25, -0.2) is 22.7 Å². The van der Waals surface area contributed by atoms with E-state index in [1.165, 1.54) is 0 Å². The van der Waals surface area contributed by atoms with E-state index in [0.717, 1.165) is 47.8 Å². The number of sulfonamides is 1. The van der Waals surface area contributed by atoms with Gasteiger partial charge in [-0.1, -0.05) is 48.5 Å². The van der Waals surface area contributed by atoms with Gasteiger partial charge in [0.1, 0.15) is 0 Å². The second kappa shape index (κ2) is 7.39. The van der Waals surface area contributed by atoms with Gasteiger partial charge in [0, 0.05) is 30.1 Å². The number of benzene rings is 2. The average molecular weight is 409 g/mol. The first-order chi connectivity index (χ1) is 14.1. The summed E-state index contributed by atoms with van der Waals surface area (Å²) in [6.45, 7) is 1.13. The predicted molar refractivity (Wildman–Crippen MR) is 115 cm³/mol.